The number of amides is 1. The quantitative estimate of drug-likeness (QED) is 0.508. The van der Waals surface area contributed by atoms with E-state index in [1.165, 1.54) is 0 Å². The first-order valence-electron chi connectivity index (χ1n) is 9.27. The van der Waals surface area contributed by atoms with E-state index in [4.69, 9.17) is 13.6 Å². The van der Waals surface area contributed by atoms with Gasteiger partial charge in [-0.25, -0.2) is 0 Å². The van der Waals surface area contributed by atoms with Crippen LogP contribution in [0.15, 0.2) is 57.6 Å². The van der Waals surface area contributed by atoms with E-state index in [-0.39, 0.29) is 12.5 Å². The third-order valence-electron chi connectivity index (χ3n) is 3.90. The molecule has 28 heavy (non-hydrogen) atoms. The highest BCUT2D eigenvalue weighted by Crippen LogP contribution is 2.18. The Bertz CT molecular complexity index is 833. The number of hydrogen-bond donors (Lipinski definition) is 1. The number of furan rings is 1. The fourth-order valence-corrected chi connectivity index (χ4v) is 2.67. The summed E-state index contributed by atoms with van der Waals surface area (Å²) in [4.78, 5) is 14.2. The fourth-order valence-electron chi connectivity index (χ4n) is 2.67. The Kier molecular flexibility index (Phi) is 7.20. The SMILES string of the molecule is CCCN(CC(=O)NCCOc1ccccc1)Cc1nnc(-c2ccco2)o1. The molecule has 148 valence electrons. The number of carbonyl (C=O) groups excluding carboxylic acids is 1. The standard InChI is InChI=1S/C20H24N4O4/c1-2-11-24(15-19-22-23-20(28-19)17-9-6-12-27-17)14-18(25)21-10-13-26-16-7-4-3-5-8-16/h3-9,12H,2,10-11,13-15H2,1H3,(H,21,25). The number of carbonyl (C=O) groups is 1. The van der Waals surface area contributed by atoms with Gasteiger partial charge in [0.25, 0.3) is 5.89 Å². The maximum absolute atomic E-state index is 12.2. The summed E-state index contributed by atoms with van der Waals surface area (Å²) in [5.41, 5.74) is 0. The summed E-state index contributed by atoms with van der Waals surface area (Å²) < 4.78 is 16.4. The van der Waals surface area contributed by atoms with Crippen LogP contribution < -0.4 is 10.1 Å². The van der Waals surface area contributed by atoms with Crippen LogP contribution in [0, 0.1) is 0 Å². The van der Waals surface area contributed by atoms with Gasteiger partial charge < -0.3 is 18.9 Å². The molecule has 0 unspecified atom stereocenters. The van der Waals surface area contributed by atoms with Crippen molar-refractivity contribution in [2.75, 3.05) is 26.2 Å². The molecular weight excluding hydrogens is 360 g/mol. The molecule has 3 aromatic rings. The van der Waals surface area contributed by atoms with Gasteiger partial charge in [-0.15, -0.1) is 10.2 Å². The molecule has 8 heteroatoms. The molecule has 8 nitrogen and oxygen atoms in total. The Balaban J connectivity index is 1.44. The Labute approximate surface area is 163 Å². The zero-order valence-corrected chi connectivity index (χ0v) is 15.8. The maximum atomic E-state index is 12.2. The van der Waals surface area contributed by atoms with E-state index >= 15 is 0 Å². The average Bonchev–Trinajstić information content (AvgIpc) is 3.38. The van der Waals surface area contributed by atoms with Gasteiger partial charge in [-0.1, -0.05) is 25.1 Å². The lowest BCUT2D eigenvalue weighted by molar-refractivity contribution is -0.122. The lowest BCUT2D eigenvalue weighted by Crippen LogP contribution is -2.38. The van der Waals surface area contributed by atoms with Gasteiger partial charge in [-0.2, -0.15) is 0 Å². The van der Waals surface area contributed by atoms with Crippen LogP contribution >= 0.6 is 0 Å². The van der Waals surface area contributed by atoms with Crippen molar-refractivity contribution in [1.29, 1.82) is 0 Å². The summed E-state index contributed by atoms with van der Waals surface area (Å²) in [6, 6.07) is 13.0. The molecular formula is C20H24N4O4. The molecule has 0 aliphatic carbocycles. The Hall–Kier alpha value is -3.13. The number of aromatic nitrogens is 2. The Morgan fingerprint density at radius 2 is 2.04 bits per heavy atom. The number of ether oxygens (including phenoxy) is 1. The maximum Gasteiger partial charge on any atom is 0.283 e. The topological polar surface area (TPSA) is 93.6 Å². The van der Waals surface area contributed by atoms with E-state index < -0.39 is 0 Å². The molecule has 0 bridgehead atoms. The first kappa shape index (κ1) is 19.6. The lowest BCUT2D eigenvalue weighted by Gasteiger charge is -2.19. The third-order valence-corrected chi connectivity index (χ3v) is 3.90. The van der Waals surface area contributed by atoms with Gasteiger partial charge in [0.15, 0.2) is 5.76 Å². The van der Waals surface area contributed by atoms with E-state index in [0.717, 1.165) is 18.7 Å². The van der Waals surface area contributed by atoms with E-state index in [1.54, 1.807) is 18.4 Å². The molecule has 1 aromatic carbocycles. The highest BCUT2D eigenvalue weighted by atomic mass is 16.5. The second-order valence-corrected chi connectivity index (χ2v) is 6.20. The van der Waals surface area contributed by atoms with Crippen molar-refractivity contribution in [1.82, 2.24) is 20.4 Å². The van der Waals surface area contributed by atoms with Crippen molar-refractivity contribution in [3.05, 3.63) is 54.6 Å². The van der Waals surface area contributed by atoms with Crippen LogP contribution in [0.3, 0.4) is 0 Å². The van der Waals surface area contributed by atoms with Crippen molar-refractivity contribution in [3.63, 3.8) is 0 Å². The fraction of sp³-hybridized carbons (Fsp3) is 0.350. The second-order valence-electron chi connectivity index (χ2n) is 6.20. The zero-order valence-electron chi connectivity index (χ0n) is 15.8. The summed E-state index contributed by atoms with van der Waals surface area (Å²) in [5.74, 6) is 2.01. The smallest absolute Gasteiger partial charge is 0.283 e. The van der Waals surface area contributed by atoms with Crippen LogP contribution in [0.2, 0.25) is 0 Å². The zero-order chi connectivity index (χ0) is 19.6. The van der Waals surface area contributed by atoms with Crippen LogP contribution in [-0.2, 0) is 11.3 Å². The number of benzene rings is 1. The average molecular weight is 384 g/mol. The Morgan fingerprint density at radius 1 is 1.18 bits per heavy atom. The summed E-state index contributed by atoms with van der Waals surface area (Å²) >= 11 is 0. The van der Waals surface area contributed by atoms with Gasteiger partial charge >= 0.3 is 0 Å². The molecule has 0 atom stereocenters. The lowest BCUT2D eigenvalue weighted by atomic mass is 10.3. The molecule has 3 rings (SSSR count). The summed E-state index contributed by atoms with van der Waals surface area (Å²) in [6.07, 6.45) is 2.46. The summed E-state index contributed by atoms with van der Waals surface area (Å²) in [7, 11) is 0. The molecule has 0 aliphatic rings. The molecule has 0 saturated carbocycles. The molecule has 2 aromatic heterocycles. The minimum atomic E-state index is -0.0733. The number of nitrogens with one attached hydrogen (secondary N) is 1. The molecule has 0 spiro atoms. The van der Waals surface area contributed by atoms with Crippen molar-refractivity contribution in [2.24, 2.45) is 0 Å². The van der Waals surface area contributed by atoms with Gasteiger partial charge in [-0.05, 0) is 37.2 Å². The van der Waals surface area contributed by atoms with Crippen LogP contribution in [0.1, 0.15) is 19.2 Å². The predicted molar refractivity (Wildman–Crippen MR) is 103 cm³/mol. The predicted octanol–water partition coefficient (Wildman–Crippen LogP) is 2.74. The second kappa shape index (κ2) is 10.3. The van der Waals surface area contributed by atoms with Crippen molar-refractivity contribution in [2.45, 2.75) is 19.9 Å². The number of hydrogen-bond acceptors (Lipinski definition) is 7. The van der Waals surface area contributed by atoms with Crippen LogP contribution in [0.25, 0.3) is 11.7 Å². The minimum Gasteiger partial charge on any atom is -0.492 e. The molecule has 1 amide bonds. The summed E-state index contributed by atoms with van der Waals surface area (Å²) in [6.45, 7) is 4.30. The molecule has 0 radical (unpaired) electrons. The molecule has 1 N–H and O–H groups in total. The van der Waals surface area contributed by atoms with Crippen LogP contribution in [-0.4, -0.2) is 47.2 Å². The summed E-state index contributed by atoms with van der Waals surface area (Å²) in [5, 5.41) is 10.9. The minimum absolute atomic E-state index is 0.0733. The van der Waals surface area contributed by atoms with E-state index in [0.29, 0.717) is 37.2 Å². The monoisotopic (exact) mass is 384 g/mol. The van der Waals surface area contributed by atoms with Crippen LogP contribution in [0.4, 0.5) is 0 Å². The van der Waals surface area contributed by atoms with Gasteiger partial charge in [0.1, 0.15) is 12.4 Å². The van der Waals surface area contributed by atoms with E-state index in [9.17, 15) is 4.79 Å². The Morgan fingerprint density at radius 3 is 2.79 bits per heavy atom. The first-order valence-corrected chi connectivity index (χ1v) is 9.27. The van der Waals surface area contributed by atoms with E-state index in [1.807, 2.05) is 35.2 Å². The van der Waals surface area contributed by atoms with Gasteiger partial charge in [0.05, 0.1) is 25.9 Å². The molecule has 2 heterocycles. The largest absolute Gasteiger partial charge is 0.492 e. The van der Waals surface area contributed by atoms with Gasteiger partial charge in [0.2, 0.25) is 11.8 Å². The highest BCUT2D eigenvalue weighted by molar-refractivity contribution is 5.77. The van der Waals surface area contributed by atoms with E-state index in [2.05, 4.69) is 22.4 Å². The van der Waals surface area contributed by atoms with Crippen LogP contribution in [0.5, 0.6) is 5.75 Å². The number of para-hydroxylation sites is 1. The third kappa shape index (κ3) is 5.95. The molecule has 0 fully saturated rings. The van der Waals surface area contributed by atoms with Gasteiger partial charge in [-0.3, -0.25) is 9.69 Å². The molecule has 0 saturated heterocycles. The number of rotatable bonds is 11. The normalized spacial score (nSPS) is 10.9. The van der Waals surface area contributed by atoms with Crippen molar-refractivity contribution >= 4 is 5.91 Å². The van der Waals surface area contributed by atoms with Gasteiger partial charge in [0, 0.05) is 0 Å². The molecule has 0 aliphatic heterocycles. The first-order chi connectivity index (χ1) is 13.7. The van der Waals surface area contributed by atoms with Crippen molar-refractivity contribution < 1.29 is 18.4 Å². The number of nitrogens with zero attached hydrogens (tertiary/aromatic N) is 3. The highest BCUT2D eigenvalue weighted by Gasteiger charge is 2.16. The van der Waals surface area contributed by atoms with Crippen molar-refractivity contribution in [3.8, 4) is 17.4 Å².